The van der Waals surface area contributed by atoms with Gasteiger partial charge in [-0.2, -0.15) is 0 Å². The van der Waals surface area contributed by atoms with Gasteiger partial charge in [-0.3, -0.25) is 0 Å². The van der Waals surface area contributed by atoms with Gasteiger partial charge in [0, 0.05) is 24.6 Å². The summed E-state index contributed by atoms with van der Waals surface area (Å²) >= 11 is 0. The molecule has 6 atom stereocenters. The Morgan fingerprint density at radius 1 is 0.833 bits per heavy atom. The summed E-state index contributed by atoms with van der Waals surface area (Å²) in [6.07, 6.45) is -0.894. The fraction of sp³-hybridized carbons (Fsp3) is 0.520. The third-order valence-corrected chi connectivity index (χ3v) is 15.7. The van der Waals surface area contributed by atoms with E-state index >= 15 is 0 Å². The summed E-state index contributed by atoms with van der Waals surface area (Å²) in [5.74, 6) is 0.765. The first kappa shape index (κ1) is 27.6. The van der Waals surface area contributed by atoms with Crippen LogP contribution >= 0.6 is 0 Å². The maximum Gasteiger partial charge on any atom is 0.491 e. The molecule has 11 heteroatoms. The summed E-state index contributed by atoms with van der Waals surface area (Å²) in [6.45, 7) is 11.7. The lowest BCUT2D eigenvalue weighted by Gasteiger charge is -2.33. The molecule has 2 N–H and O–H groups in total. The molecule has 0 aliphatic carbocycles. The van der Waals surface area contributed by atoms with Crippen LogP contribution in [0.2, 0.25) is 19.1 Å². The average Bonchev–Trinajstić information content (AvgIpc) is 2.96. The van der Waals surface area contributed by atoms with Gasteiger partial charge in [-0.1, -0.05) is 56.3 Å². The number of hydrogen-bond acceptors (Lipinski definition) is 8. The first-order valence-corrected chi connectivity index (χ1v) is 18.9. The molecule has 0 amide bonds. The van der Waals surface area contributed by atoms with Crippen molar-refractivity contribution in [3.8, 4) is 5.75 Å². The van der Waals surface area contributed by atoms with E-state index in [0.29, 0.717) is 13.0 Å². The maximum atomic E-state index is 11.3. The van der Waals surface area contributed by atoms with Crippen LogP contribution in [0.25, 0.3) is 0 Å². The minimum Gasteiger partial charge on any atom is -0.494 e. The minimum absolute atomic E-state index is 0.114. The highest BCUT2D eigenvalue weighted by Crippen LogP contribution is 2.36. The molecule has 2 aromatic rings. The highest BCUT2D eigenvalue weighted by Gasteiger charge is 2.61. The van der Waals surface area contributed by atoms with E-state index in [0.717, 1.165) is 5.75 Å². The molecule has 2 aliphatic heterocycles. The molecular formula is C25H38O8Si3. The average molecular weight is 551 g/mol. The third kappa shape index (κ3) is 6.35. The molecule has 8 nitrogen and oxygen atoms in total. The van der Waals surface area contributed by atoms with Crippen LogP contribution in [0, 0.1) is 0 Å². The first-order chi connectivity index (χ1) is 16.8. The van der Waals surface area contributed by atoms with Crippen molar-refractivity contribution in [2.45, 2.75) is 77.0 Å². The predicted octanol–water partition coefficient (Wildman–Crippen LogP) is 4.10. The van der Waals surface area contributed by atoms with Crippen molar-refractivity contribution in [1.82, 2.24) is 0 Å². The van der Waals surface area contributed by atoms with Gasteiger partial charge in [0.15, 0.2) is 0 Å². The zero-order valence-corrected chi connectivity index (χ0v) is 24.9. The van der Waals surface area contributed by atoms with E-state index in [9.17, 15) is 9.59 Å². The molecule has 2 saturated heterocycles. The van der Waals surface area contributed by atoms with Gasteiger partial charge in [-0.05, 0) is 43.5 Å². The molecule has 0 spiro atoms. The van der Waals surface area contributed by atoms with Crippen LogP contribution in [0.15, 0.2) is 54.6 Å². The highest BCUT2D eigenvalue weighted by atomic mass is 28.5. The van der Waals surface area contributed by atoms with Gasteiger partial charge in [0.1, 0.15) is 5.75 Å². The van der Waals surface area contributed by atoms with E-state index in [1.807, 2.05) is 32.0 Å². The normalized spacial score (nSPS) is 35.1. The van der Waals surface area contributed by atoms with Crippen molar-refractivity contribution in [1.29, 1.82) is 0 Å². The van der Waals surface area contributed by atoms with E-state index in [-0.39, 0.29) is 11.5 Å². The van der Waals surface area contributed by atoms with E-state index in [2.05, 4.69) is 50.2 Å². The topological polar surface area (TPSA) is 95.8 Å². The minimum atomic E-state index is -3.64. The zero-order chi connectivity index (χ0) is 26.2. The summed E-state index contributed by atoms with van der Waals surface area (Å²) in [6, 6.07) is 18.8. The predicted molar refractivity (Wildman–Crippen MR) is 141 cm³/mol. The van der Waals surface area contributed by atoms with Gasteiger partial charge in [0.2, 0.25) is 0 Å². The largest absolute Gasteiger partial charge is 0.494 e. The van der Waals surface area contributed by atoms with Crippen molar-refractivity contribution in [3.05, 3.63) is 65.7 Å². The summed E-state index contributed by atoms with van der Waals surface area (Å²) < 4.78 is 35.7. The van der Waals surface area contributed by atoms with Crippen LogP contribution in [-0.2, 0) is 26.9 Å². The summed E-state index contributed by atoms with van der Waals surface area (Å²) in [4.78, 5) is 21.9. The summed E-state index contributed by atoms with van der Waals surface area (Å²) in [5.41, 5.74) is 2.34. The Kier molecular flexibility index (Phi) is 7.99. The fourth-order valence-corrected chi connectivity index (χ4v) is 14.8. The molecule has 0 aromatic heterocycles. The smallest absolute Gasteiger partial charge is 0.491 e. The number of benzene rings is 2. The van der Waals surface area contributed by atoms with E-state index in [4.69, 9.17) is 26.2 Å². The lowest BCUT2D eigenvalue weighted by molar-refractivity contribution is -0.0203. The number of fused-ring (bicyclic) bond motifs is 2. The van der Waals surface area contributed by atoms with Crippen LogP contribution < -0.4 is 4.74 Å². The van der Waals surface area contributed by atoms with E-state index in [1.165, 1.54) is 17.7 Å². The van der Waals surface area contributed by atoms with Crippen molar-refractivity contribution in [2.24, 2.45) is 0 Å². The number of rotatable bonds is 7. The lowest BCUT2D eigenvalue weighted by Crippen LogP contribution is -2.58. The zero-order valence-electron chi connectivity index (χ0n) is 21.9. The van der Waals surface area contributed by atoms with Gasteiger partial charge in [0.25, 0.3) is 0 Å². The Hall–Kier alpha value is -1.39. The second-order valence-electron chi connectivity index (χ2n) is 10.4. The summed E-state index contributed by atoms with van der Waals surface area (Å²) in [7, 11) is -10.5. The molecule has 2 aliphatic rings. The monoisotopic (exact) mass is 550 g/mol. The number of ether oxygens (including phenoxy) is 1. The van der Waals surface area contributed by atoms with E-state index in [1.54, 1.807) is 6.55 Å². The molecule has 4 rings (SSSR count). The van der Waals surface area contributed by atoms with Gasteiger partial charge in [-0.15, -0.1) is 0 Å². The van der Waals surface area contributed by atoms with Crippen LogP contribution in [0.4, 0.5) is 0 Å². The molecule has 2 bridgehead atoms. The molecule has 2 fully saturated rings. The molecule has 2 aromatic carbocycles. The van der Waals surface area contributed by atoms with E-state index < -0.39 is 44.7 Å². The Labute approximate surface area is 217 Å². The molecule has 198 valence electrons. The van der Waals surface area contributed by atoms with Gasteiger partial charge >= 0.3 is 26.4 Å². The quantitative estimate of drug-likeness (QED) is 0.393. The Morgan fingerprint density at radius 2 is 1.44 bits per heavy atom. The molecule has 2 heterocycles. The van der Waals surface area contributed by atoms with Crippen molar-refractivity contribution in [3.63, 3.8) is 0 Å². The lowest BCUT2D eigenvalue weighted by atomic mass is 9.78. The van der Waals surface area contributed by atoms with Crippen LogP contribution in [0.1, 0.15) is 45.2 Å². The highest BCUT2D eigenvalue weighted by molar-refractivity contribution is 6.79. The SMILES string of the molecule is CC1O[Si](C)(O)O[Si]2(C)OC1C(C)O[Si](O)(CCCOc1ccc(C(C)(C)c3ccccc3)cc1)O2. The van der Waals surface area contributed by atoms with Crippen molar-refractivity contribution >= 4 is 26.4 Å². The Bertz CT molecular complexity index is 1020. The Morgan fingerprint density at radius 3 is 2.11 bits per heavy atom. The second kappa shape index (κ2) is 10.4. The third-order valence-electron chi connectivity index (χ3n) is 6.75. The first-order valence-electron chi connectivity index (χ1n) is 12.5. The maximum absolute atomic E-state index is 11.3. The molecule has 0 radical (unpaired) electrons. The van der Waals surface area contributed by atoms with Gasteiger partial charge < -0.3 is 35.8 Å². The fourth-order valence-electron chi connectivity index (χ4n) is 4.93. The van der Waals surface area contributed by atoms with Crippen molar-refractivity contribution < 1.29 is 35.8 Å². The molecule has 6 unspecified atom stereocenters. The summed E-state index contributed by atoms with van der Waals surface area (Å²) in [5, 5.41) is 0. The molecule has 36 heavy (non-hydrogen) atoms. The van der Waals surface area contributed by atoms with Crippen LogP contribution in [0.5, 0.6) is 5.75 Å². The second-order valence-corrected chi connectivity index (χ2v) is 18.2. The van der Waals surface area contributed by atoms with Crippen LogP contribution in [-0.4, -0.2) is 60.9 Å². The molecular weight excluding hydrogens is 513 g/mol. The van der Waals surface area contributed by atoms with Crippen molar-refractivity contribution in [2.75, 3.05) is 6.61 Å². The standard InChI is InChI=1S/C25H38O8Si3/c1-19-24-20(2)30-36(27,33-35(6,31-24)32-34(5,26)29-19)18-10-17-28-23-15-13-22(14-16-23)25(3,4)21-11-8-7-9-12-21/h7-9,11-16,19-20,24,26-27H,10,17-18H2,1-6H3. The van der Waals surface area contributed by atoms with Crippen LogP contribution in [0.3, 0.4) is 0 Å². The molecule has 0 saturated carbocycles. The van der Waals surface area contributed by atoms with Gasteiger partial charge in [0.05, 0.1) is 24.9 Å². The number of hydrogen-bond donors (Lipinski definition) is 2. The van der Waals surface area contributed by atoms with Gasteiger partial charge in [-0.25, -0.2) is 0 Å². The Balaban J connectivity index is 1.35.